The quantitative estimate of drug-likeness (QED) is 0.382. The monoisotopic (exact) mass is 459 g/mol. The number of rotatable bonds is 10. The molecule has 0 aliphatic rings. The Morgan fingerprint density at radius 2 is 1.74 bits per heavy atom. The van der Waals surface area contributed by atoms with Crippen LogP contribution in [0.5, 0.6) is 0 Å². The molecule has 2 aromatic heterocycles. The van der Waals surface area contributed by atoms with Gasteiger partial charge in [-0.2, -0.15) is 5.21 Å². The molecule has 0 saturated heterocycles. The van der Waals surface area contributed by atoms with Crippen LogP contribution in [-0.2, 0) is 13.0 Å². The van der Waals surface area contributed by atoms with Crippen LogP contribution in [-0.4, -0.2) is 40.9 Å². The second-order valence-electron chi connectivity index (χ2n) is 8.31. The van der Waals surface area contributed by atoms with Crippen LogP contribution in [0.2, 0.25) is 0 Å². The summed E-state index contributed by atoms with van der Waals surface area (Å²) in [6.07, 6.45) is 4.54. The molecule has 4 rings (SSSR count). The number of hydrogen-bond donors (Lipinski definition) is 1. The van der Waals surface area contributed by atoms with E-state index in [1.54, 1.807) is 4.57 Å². The average molecular weight is 460 g/mol. The van der Waals surface area contributed by atoms with Gasteiger partial charge in [-0.25, -0.2) is 4.79 Å². The van der Waals surface area contributed by atoms with Crippen LogP contribution in [0.25, 0.3) is 22.5 Å². The zero-order chi connectivity index (χ0) is 23.9. The predicted octanol–water partition coefficient (Wildman–Crippen LogP) is 4.11. The number of nitrogens with one attached hydrogen (secondary N) is 1. The first-order chi connectivity index (χ1) is 16.6. The van der Waals surface area contributed by atoms with Crippen molar-refractivity contribution in [3.8, 4) is 22.5 Å². The summed E-state index contributed by atoms with van der Waals surface area (Å²) in [5.74, 6) is 0.969. The van der Waals surface area contributed by atoms with Crippen molar-refractivity contribution in [1.82, 2.24) is 35.0 Å². The summed E-state index contributed by atoms with van der Waals surface area (Å²) >= 11 is 0. The van der Waals surface area contributed by atoms with Gasteiger partial charge in [-0.05, 0) is 40.8 Å². The van der Waals surface area contributed by atoms with Crippen molar-refractivity contribution < 1.29 is 4.79 Å². The number of aromatic amines is 1. The Balaban J connectivity index is 1.57. The molecular weight excluding hydrogens is 430 g/mol. The lowest BCUT2D eigenvalue weighted by atomic mass is 10.0. The number of hydrogen-bond acceptors (Lipinski definition) is 6. The van der Waals surface area contributed by atoms with Gasteiger partial charge in [-0.1, -0.05) is 69.2 Å². The zero-order valence-corrected chi connectivity index (χ0v) is 19.6. The molecule has 0 radical (unpaired) electrons. The van der Waals surface area contributed by atoms with Gasteiger partial charge in [0.1, 0.15) is 5.82 Å². The third-order valence-electron chi connectivity index (χ3n) is 5.77. The maximum Gasteiger partial charge on any atom is 0.353 e. The number of carbonyl (C=O) groups excluding carboxylic acids is 1. The molecule has 34 heavy (non-hydrogen) atoms. The molecule has 0 fully saturated rings. The average Bonchev–Trinajstić information content (AvgIpc) is 3.51. The number of nitrogens with zero attached hydrogens (tertiary/aromatic N) is 6. The van der Waals surface area contributed by atoms with Crippen LogP contribution < -0.4 is 5.69 Å². The first-order valence-electron chi connectivity index (χ1n) is 11.8. The number of unbranched alkanes of at least 4 members (excludes halogenated alkanes) is 2. The van der Waals surface area contributed by atoms with E-state index in [0.717, 1.165) is 52.6 Å². The molecule has 0 saturated carbocycles. The summed E-state index contributed by atoms with van der Waals surface area (Å²) in [4.78, 5) is 25.5. The molecule has 1 N–H and O–H groups in total. The van der Waals surface area contributed by atoms with E-state index in [2.05, 4.69) is 32.6 Å². The fourth-order valence-electron chi connectivity index (χ4n) is 3.82. The summed E-state index contributed by atoms with van der Waals surface area (Å²) in [5.41, 5.74) is 3.56. The van der Waals surface area contributed by atoms with Crippen LogP contribution in [0.15, 0.2) is 53.3 Å². The van der Waals surface area contributed by atoms with Crippen molar-refractivity contribution >= 4 is 5.91 Å². The maximum absolute atomic E-state index is 13.0. The lowest BCUT2D eigenvalue weighted by molar-refractivity contribution is 0.0878. The number of tetrazole rings is 1. The Bertz CT molecular complexity index is 1290. The zero-order valence-electron chi connectivity index (χ0n) is 19.6. The predicted molar refractivity (Wildman–Crippen MR) is 129 cm³/mol. The van der Waals surface area contributed by atoms with Crippen molar-refractivity contribution in [2.24, 2.45) is 0 Å². The lowest BCUT2D eigenvalue weighted by Crippen LogP contribution is -2.30. The van der Waals surface area contributed by atoms with E-state index in [-0.39, 0.29) is 11.6 Å². The van der Waals surface area contributed by atoms with Crippen molar-refractivity contribution in [2.75, 3.05) is 0 Å². The second kappa shape index (κ2) is 10.8. The number of carbonyl (C=O) groups is 1. The molecule has 0 aliphatic heterocycles. The smallest absolute Gasteiger partial charge is 0.274 e. The highest BCUT2D eigenvalue weighted by Gasteiger charge is 2.18. The van der Waals surface area contributed by atoms with Gasteiger partial charge in [-0.3, -0.25) is 9.36 Å². The maximum atomic E-state index is 13.0. The Morgan fingerprint density at radius 1 is 0.971 bits per heavy atom. The summed E-state index contributed by atoms with van der Waals surface area (Å²) in [6, 6.07) is 16.0. The molecule has 0 aliphatic carbocycles. The SMILES string of the molecule is CCCCC(=O)n1nc(CCCC)n(Cc2ccc(-c3cccc(-c4nn[nH]n4)c3)cc2)c1=O. The van der Waals surface area contributed by atoms with Gasteiger partial charge < -0.3 is 0 Å². The van der Waals surface area contributed by atoms with E-state index >= 15 is 0 Å². The van der Waals surface area contributed by atoms with E-state index in [1.807, 2.05) is 55.5 Å². The highest BCUT2D eigenvalue weighted by Crippen LogP contribution is 2.24. The summed E-state index contributed by atoms with van der Waals surface area (Å²) in [7, 11) is 0. The molecule has 9 nitrogen and oxygen atoms in total. The Morgan fingerprint density at radius 3 is 2.44 bits per heavy atom. The van der Waals surface area contributed by atoms with Crippen LogP contribution in [0.3, 0.4) is 0 Å². The molecule has 4 aromatic rings. The third kappa shape index (κ3) is 5.19. The fraction of sp³-hybridized carbons (Fsp3) is 0.360. The molecule has 0 spiro atoms. The van der Waals surface area contributed by atoms with Crippen LogP contribution in [0.1, 0.15) is 62.1 Å². The molecule has 2 heterocycles. The standard InChI is InChI=1S/C25H29N7O2/c1-3-5-10-22-28-32(23(33)11-6-4-2)25(34)31(22)17-18-12-14-19(15-13-18)20-8-7-9-21(16-20)24-26-29-30-27-24/h7-9,12-16H,3-6,10-11,17H2,1-2H3,(H,26,27,29,30). The Labute approximate surface area is 197 Å². The van der Waals surface area contributed by atoms with Gasteiger partial charge in [-0.15, -0.1) is 20.0 Å². The third-order valence-corrected chi connectivity index (χ3v) is 5.77. The minimum atomic E-state index is -0.357. The topological polar surface area (TPSA) is 111 Å². The van der Waals surface area contributed by atoms with Crippen molar-refractivity contribution in [3.63, 3.8) is 0 Å². The van der Waals surface area contributed by atoms with Crippen LogP contribution >= 0.6 is 0 Å². The minimum Gasteiger partial charge on any atom is -0.274 e. The lowest BCUT2D eigenvalue weighted by Gasteiger charge is -2.08. The van der Waals surface area contributed by atoms with E-state index < -0.39 is 0 Å². The number of benzene rings is 2. The molecule has 2 aromatic carbocycles. The Hall–Kier alpha value is -3.88. The van der Waals surface area contributed by atoms with Gasteiger partial charge in [0.2, 0.25) is 5.82 Å². The number of H-pyrrole nitrogens is 1. The molecule has 0 unspecified atom stereocenters. The molecule has 0 atom stereocenters. The van der Waals surface area contributed by atoms with E-state index in [9.17, 15) is 9.59 Å². The Kier molecular flexibility index (Phi) is 7.41. The van der Waals surface area contributed by atoms with Crippen LogP contribution in [0.4, 0.5) is 0 Å². The molecule has 0 bridgehead atoms. The number of aryl methyl sites for hydroxylation is 1. The van der Waals surface area contributed by atoms with Crippen molar-refractivity contribution in [1.29, 1.82) is 0 Å². The van der Waals surface area contributed by atoms with E-state index in [1.165, 1.54) is 0 Å². The van der Waals surface area contributed by atoms with Crippen LogP contribution in [0, 0.1) is 0 Å². The van der Waals surface area contributed by atoms with Crippen molar-refractivity contribution in [2.45, 2.75) is 58.9 Å². The minimum absolute atomic E-state index is 0.236. The van der Waals surface area contributed by atoms with Gasteiger partial charge in [0, 0.05) is 18.4 Å². The highest BCUT2D eigenvalue weighted by molar-refractivity contribution is 5.77. The second-order valence-corrected chi connectivity index (χ2v) is 8.31. The summed E-state index contributed by atoms with van der Waals surface area (Å²) in [6.45, 7) is 4.49. The van der Waals surface area contributed by atoms with E-state index in [4.69, 9.17) is 0 Å². The van der Waals surface area contributed by atoms with Gasteiger partial charge in [0.25, 0.3) is 5.91 Å². The normalized spacial score (nSPS) is 11.1. The first kappa shape index (κ1) is 23.3. The largest absolute Gasteiger partial charge is 0.353 e. The van der Waals surface area contributed by atoms with E-state index in [0.29, 0.717) is 31.0 Å². The molecule has 176 valence electrons. The van der Waals surface area contributed by atoms with Gasteiger partial charge in [0.15, 0.2) is 0 Å². The molecule has 9 heteroatoms. The highest BCUT2D eigenvalue weighted by atomic mass is 16.2. The number of aromatic nitrogens is 7. The van der Waals surface area contributed by atoms with Gasteiger partial charge >= 0.3 is 5.69 Å². The molecular formula is C25H29N7O2. The summed E-state index contributed by atoms with van der Waals surface area (Å²) in [5, 5.41) is 18.6. The first-order valence-corrected chi connectivity index (χ1v) is 11.8. The molecule has 0 amide bonds. The van der Waals surface area contributed by atoms with Crippen molar-refractivity contribution in [3.05, 3.63) is 70.4 Å². The van der Waals surface area contributed by atoms with Gasteiger partial charge in [0.05, 0.1) is 6.54 Å². The fourth-order valence-corrected chi connectivity index (χ4v) is 3.82. The summed E-state index contributed by atoms with van der Waals surface area (Å²) < 4.78 is 2.68.